The largest absolute Gasteiger partial charge is 0.326 e. The van der Waals surface area contributed by atoms with Crippen LogP contribution >= 0.6 is 0 Å². The van der Waals surface area contributed by atoms with Crippen molar-refractivity contribution in [3.8, 4) is 0 Å². The van der Waals surface area contributed by atoms with Gasteiger partial charge < -0.3 is 5.32 Å². The number of nitrogens with zero attached hydrogens (tertiary/aromatic N) is 1. The second-order valence-electron chi connectivity index (χ2n) is 5.30. The van der Waals surface area contributed by atoms with Gasteiger partial charge in [0.05, 0.1) is 12.2 Å². The van der Waals surface area contributed by atoms with E-state index in [9.17, 15) is 14.0 Å². The summed E-state index contributed by atoms with van der Waals surface area (Å²) in [6.45, 7) is 3.13. The molecule has 2 N–H and O–H groups in total. The topological polar surface area (TPSA) is 61.4 Å². The molecule has 1 aromatic rings. The summed E-state index contributed by atoms with van der Waals surface area (Å²) in [5, 5.41) is 4.55. The van der Waals surface area contributed by atoms with E-state index in [1.165, 1.54) is 24.6 Å². The number of urea groups is 1. The maximum absolute atomic E-state index is 13.4. The first-order chi connectivity index (χ1) is 10.1. The first kappa shape index (κ1) is 15.4. The van der Waals surface area contributed by atoms with Gasteiger partial charge in [0, 0.05) is 6.04 Å². The average molecular weight is 293 g/mol. The Labute approximate surface area is 123 Å². The van der Waals surface area contributed by atoms with Gasteiger partial charge in [-0.15, -0.1) is 0 Å². The number of hydrogen-bond donors (Lipinski definition) is 2. The van der Waals surface area contributed by atoms with E-state index in [0.29, 0.717) is 6.04 Å². The molecule has 1 aliphatic heterocycles. The third-order valence-electron chi connectivity index (χ3n) is 3.66. The standard InChI is InChI=1S/C15H20FN3O2/c1-11-6-4-5-9-19(11)10-14(20)18-15(21)17-13-8-3-2-7-12(13)16/h2-3,7-8,11H,4-6,9-10H2,1H3,(H2,17,18,20,21)/t11-/m1/s1. The molecule has 0 spiro atoms. The molecule has 0 saturated carbocycles. The molecule has 2 rings (SSSR count). The van der Waals surface area contributed by atoms with E-state index in [1.807, 2.05) is 0 Å². The van der Waals surface area contributed by atoms with E-state index in [0.717, 1.165) is 19.4 Å². The van der Waals surface area contributed by atoms with Crippen molar-refractivity contribution < 1.29 is 14.0 Å². The fourth-order valence-electron chi connectivity index (χ4n) is 2.46. The number of anilines is 1. The molecule has 3 amide bonds. The normalized spacial score (nSPS) is 19.0. The number of benzene rings is 1. The Morgan fingerprint density at radius 3 is 2.81 bits per heavy atom. The Balaban J connectivity index is 1.82. The lowest BCUT2D eigenvalue weighted by molar-refractivity contribution is -0.121. The second kappa shape index (κ2) is 7.17. The molecule has 1 aromatic carbocycles. The molecule has 0 aliphatic carbocycles. The molecule has 1 heterocycles. The van der Waals surface area contributed by atoms with Crippen molar-refractivity contribution in [3.05, 3.63) is 30.1 Å². The van der Waals surface area contributed by atoms with Crippen molar-refractivity contribution in [2.45, 2.75) is 32.2 Å². The summed E-state index contributed by atoms with van der Waals surface area (Å²) in [5.41, 5.74) is 0.0501. The number of amides is 3. The average Bonchev–Trinajstić information content (AvgIpc) is 2.44. The highest BCUT2D eigenvalue weighted by molar-refractivity contribution is 6.01. The van der Waals surface area contributed by atoms with Crippen LogP contribution in [-0.4, -0.2) is 36.0 Å². The minimum absolute atomic E-state index is 0.0501. The zero-order chi connectivity index (χ0) is 15.2. The van der Waals surface area contributed by atoms with Crippen molar-refractivity contribution in [2.24, 2.45) is 0 Å². The fraction of sp³-hybridized carbons (Fsp3) is 0.467. The van der Waals surface area contributed by atoms with Gasteiger partial charge in [0.2, 0.25) is 5.91 Å². The van der Waals surface area contributed by atoms with E-state index in [1.54, 1.807) is 6.07 Å². The van der Waals surface area contributed by atoms with Gasteiger partial charge in [-0.1, -0.05) is 18.6 Å². The van der Waals surface area contributed by atoms with Crippen molar-refractivity contribution in [2.75, 3.05) is 18.4 Å². The zero-order valence-corrected chi connectivity index (χ0v) is 12.1. The van der Waals surface area contributed by atoms with Crippen LogP contribution in [0.1, 0.15) is 26.2 Å². The molecule has 6 heteroatoms. The molecule has 21 heavy (non-hydrogen) atoms. The van der Waals surface area contributed by atoms with Crippen LogP contribution in [0.3, 0.4) is 0 Å². The van der Waals surface area contributed by atoms with E-state index in [4.69, 9.17) is 0 Å². The van der Waals surface area contributed by atoms with E-state index < -0.39 is 11.8 Å². The summed E-state index contributed by atoms with van der Waals surface area (Å²) in [7, 11) is 0. The Morgan fingerprint density at radius 2 is 2.10 bits per heavy atom. The van der Waals surface area contributed by atoms with Gasteiger partial charge >= 0.3 is 6.03 Å². The molecule has 1 fully saturated rings. The van der Waals surface area contributed by atoms with Crippen LogP contribution in [0.2, 0.25) is 0 Å². The first-order valence-electron chi connectivity index (χ1n) is 7.15. The summed E-state index contributed by atoms with van der Waals surface area (Å²) in [4.78, 5) is 25.6. The number of carbonyl (C=O) groups excluding carboxylic acids is 2. The van der Waals surface area contributed by atoms with Crippen molar-refractivity contribution >= 4 is 17.6 Å². The fourth-order valence-corrected chi connectivity index (χ4v) is 2.46. The molecule has 1 aliphatic rings. The SMILES string of the molecule is C[C@@H]1CCCCN1CC(=O)NC(=O)Nc1ccccc1F. The van der Waals surface area contributed by atoms with Gasteiger partial charge in [0.15, 0.2) is 0 Å². The van der Waals surface area contributed by atoms with E-state index in [2.05, 4.69) is 22.5 Å². The van der Waals surface area contributed by atoms with Gasteiger partial charge in [0.25, 0.3) is 0 Å². The summed E-state index contributed by atoms with van der Waals surface area (Å²) in [5.74, 6) is -0.914. The monoisotopic (exact) mass is 293 g/mol. The highest BCUT2D eigenvalue weighted by Crippen LogP contribution is 2.15. The number of nitrogens with one attached hydrogen (secondary N) is 2. The van der Waals surface area contributed by atoms with Crippen LogP contribution < -0.4 is 10.6 Å². The summed E-state index contributed by atoms with van der Waals surface area (Å²) >= 11 is 0. The highest BCUT2D eigenvalue weighted by Gasteiger charge is 2.21. The lowest BCUT2D eigenvalue weighted by Gasteiger charge is -2.32. The number of hydrogen-bond acceptors (Lipinski definition) is 3. The molecule has 0 radical (unpaired) electrons. The summed E-state index contributed by atoms with van der Waals surface area (Å²) in [6, 6.07) is 5.45. The highest BCUT2D eigenvalue weighted by atomic mass is 19.1. The van der Waals surface area contributed by atoms with Crippen molar-refractivity contribution in [1.82, 2.24) is 10.2 Å². The summed E-state index contributed by atoms with van der Waals surface area (Å²) < 4.78 is 13.4. The van der Waals surface area contributed by atoms with E-state index in [-0.39, 0.29) is 18.1 Å². The Morgan fingerprint density at radius 1 is 1.33 bits per heavy atom. The number of piperidine rings is 1. The molecule has 0 bridgehead atoms. The van der Waals surface area contributed by atoms with Gasteiger partial charge in [-0.25, -0.2) is 9.18 Å². The summed E-state index contributed by atoms with van der Waals surface area (Å²) in [6.07, 6.45) is 3.31. The second-order valence-corrected chi connectivity index (χ2v) is 5.30. The molecule has 1 atom stereocenters. The third-order valence-corrected chi connectivity index (χ3v) is 3.66. The maximum atomic E-state index is 13.4. The number of para-hydroxylation sites is 1. The van der Waals surface area contributed by atoms with Crippen LogP contribution in [0.4, 0.5) is 14.9 Å². The number of halogens is 1. The molecular weight excluding hydrogens is 273 g/mol. The van der Waals surface area contributed by atoms with Crippen LogP contribution in [0.5, 0.6) is 0 Å². The minimum Gasteiger partial charge on any atom is -0.305 e. The third kappa shape index (κ3) is 4.53. The predicted molar refractivity (Wildman–Crippen MR) is 78.4 cm³/mol. The smallest absolute Gasteiger partial charge is 0.305 e. The van der Waals surface area contributed by atoms with Gasteiger partial charge in [-0.3, -0.25) is 15.0 Å². The van der Waals surface area contributed by atoms with Crippen LogP contribution in [0.15, 0.2) is 24.3 Å². The predicted octanol–water partition coefficient (Wildman–Crippen LogP) is 2.35. The molecule has 5 nitrogen and oxygen atoms in total. The quantitative estimate of drug-likeness (QED) is 0.899. The number of likely N-dealkylation sites (tertiary alicyclic amines) is 1. The Kier molecular flexibility index (Phi) is 5.27. The Bertz CT molecular complexity index is 521. The number of imide groups is 1. The lowest BCUT2D eigenvalue weighted by atomic mass is 10.0. The van der Waals surface area contributed by atoms with Crippen molar-refractivity contribution in [3.63, 3.8) is 0 Å². The molecule has 1 saturated heterocycles. The molecule has 0 aromatic heterocycles. The van der Waals surface area contributed by atoms with Crippen LogP contribution in [0.25, 0.3) is 0 Å². The van der Waals surface area contributed by atoms with Gasteiger partial charge in [-0.2, -0.15) is 0 Å². The van der Waals surface area contributed by atoms with Crippen LogP contribution in [-0.2, 0) is 4.79 Å². The molecule has 0 unspecified atom stereocenters. The first-order valence-corrected chi connectivity index (χ1v) is 7.15. The molecule has 114 valence electrons. The van der Waals surface area contributed by atoms with Crippen LogP contribution in [0, 0.1) is 5.82 Å². The lowest BCUT2D eigenvalue weighted by Crippen LogP contribution is -2.46. The van der Waals surface area contributed by atoms with Crippen molar-refractivity contribution in [1.29, 1.82) is 0 Å². The number of rotatable bonds is 3. The van der Waals surface area contributed by atoms with Gasteiger partial charge in [-0.05, 0) is 38.4 Å². The zero-order valence-electron chi connectivity index (χ0n) is 12.1. The van der Waals surface area contributed by atoms with E-state index >= 15 is 0 Å². The minimum atomic E-state index is -0.713. The van der Waals surface area contributed by atoms with Gasteiger partial charge in [0.1, 0.15) is 5.82 Å². The maximum Gasteiger partial charge on any atom is 0.326 e. The number of carbonyl (C=O) groups is 2. The Hall–Kier alpha value is -1.95. The molecular formula is C15H20FN3O2.